The van der Waals surface area contributed by atoms with Gasteiger partial charge in [0.15, 0.2) is 5.78 Å². The molecule has 0 aliphatic rings. The number of aryl methyl sites for hydroxylation is 1. The van der Waals surface area contributed by atoms with Crippen molar-refractivity contribution >= 4 is 28.3 Å². The minimum atomic E-state index is -0.00757. The predicted molar refractivity (Wildman–Crippen MR) is 81.4 cm³/mol. The molecule has 0 radical (unpaired) electrons. The fourth-order valence-corrected chi connectivity index (χ4v) is 2.32. The standard InChI is InChI=1S/C17H12ClNO/c1-11-8-9-19-16-7-4-13(10-15(11)16)17(20)12-2-5-14(18)6-3-12/h2-10H,1H3. The van der Waals surface area contributed by atoms with Crippen molar-refractivity contribution in [1.82, 2.24) is 4.98 Å². The number of nitrogens with zero attached hydrogens (tertiary/aromatic N) is 1. The molecule has 20 heavy (non-hydrogen) atoms. The number of hydrogen-bond acceptors (Lipinski definition) is 2. The van der Waals surface area contributed by atoms with Gasteiger partial charge in [0, 0.05) is 27.7 Å². The Morgan fingerprint density at radius 3 is 2.45 bits per heavy atom. The molecule has 98 valence electrons. The van der Waals surface area contributed by atoms with Crippen molar-refractivity contribution in [3.05, 3.63) is 76.4 Å². The normalized spacial score (nSPS) is 10.7. The van der Waals surface area contributed by atoms with E-state index in [9.17, 15) is 4.79 Å². The molecule has 0 amide bonds. The SMILES string of the molecule is Cc1ccnc2ccc(C(=O)c3ccc(Cl)cc3)cc12. The quantitative estimate of drug-likeness (QED) is 0.651. The van der Waals surface area contributed by atoms with E-state index < -0.39 is 0 Å². The van der Waals surface area contributed by atoms with Crippen molar-refractivity contribution in [3.8, 4) is 0 Å². The average molecular weight is 282 g/mol. The summed E-state index contributed by atoms with van der Waals surface area (Å²) in [6.07, 6.45) is 1.78. The zero-order chi connectivity index (χ0) is 14.1. The Kier molecular flexibility index (Phi) is 3.25. The van der Waals surface area contributed by atoms with Crippen molar-refractivity contribution < 1.29 is 4.79 Å². The summed E-state index contributed by atoms with van der Waals surface area (Å²) in [6.45, 7) is 2.01. The van der Waals surface area contributed by atoms with Crippen LogP contribution in [0, 0.1) is 6.92 Å². The van der Waals surface area contributed by atoms with Gasteiger partial charge in [-0.1, -0.05) is 11.6 Å². The Bertz CT molecular complexity index is 794. The van der Waals surface area contributed by atoms with Gasteiger partial charge in [-0.2, -0.15) is 0 Å². The maximum atomic E-state index is 12.4. The van der Waals surface area contributed by atoms with Gasteiger partial charge in [-0.25, -0.2) is 0 Å². The van der Waals surface area contributed by atoms with E-state index in [0.717, 1.165) is 16.5 Å². The highest BCUT2D eigenvalue weighted by atomic mass is 35.5. The molecule has 3 heteroatoms. The van der Waals surface area contributed by atoms with Crippen molar-refractivity contribution in [3.63, 3.8) is 0 Å². The summed E-state index contributed by atoms with van der Waals surface area (Å²) in [6, 6.07) is 14.5. The Labute approximate surface area is 122 Å². The molecule has 0 bridgehead atoms. The fourth-order valence-electron chi connectivity index (χ4n) is 2.19. The van der Waals surface area contributed by atoms with Crippen LogP contribution in [-0.2, 0) is 0 Å². The van der Waals surface area contributed by atoms with Gasteiger partial charge in [0.2, 0.25) is 0 Å². The number of hydrogen-bond donors (Lipinski definition) is 0. The predicted octanol–water partition coefficient (Wildman–Crippen LogP) is 4.43. The second-order valence-electron chi connectivity index (χ2n) is 4.70. The van der Waals surface area contributed by atoms with E-state index in [1.807, 2.05) is 31.2 Å². The van der Waals surface area contributed by atoms with Crippen LogP contribution in [0.5, 0.6) is 0 Å². The third-order valence-electron chi connectivity index (χ3n) is 3.33. The highest BCUT2D eigenvalue weighted by Gasteiger charge is 2.10. The number of pyridine rings is 1. The van der Waals surface area contributed by atoms with Crippen LogP contribution in [-0.4, -0.2) is 10.8 Å². The molecule has 0 unspecified atom stereocenters. The molecule has 3 aromatic rings. The minimum absolute atomic E-state index is 0.00757. The summed E-state index contributed by atoms with van der Waals surface area (Å²) in [4.78, 5) is 16.7. The number of rotatable bonds is 2. The Morgan fingerprint density at radius 1 is 1.00 bits per heavy atom. The van der Waals surface area contributed by atoms with Crippen LogP contribution in [0.4, 0.5) is 0 Å². The van der Waals surface area contributed by atoms with Crippen LogP contribution in [0.25, 0.3) is 10.9 Å². The molecule has 0 aliphatic heterocycles. The summed E-state index contributed by atoms with van der Waals surface area (Å²) in [5.41, 5.74) is 3.31. The molecule has 2 nitrogen and oxygen atoms in total. The maximum Gasteiger partial charge on any atom is 0.193 e. The van der Waals surface area contributed by atoms with Gasteiger partial charge in [0.1, 0.15) is 0 Å². The zero-order valence-electron chi connectivity index (χ0n) is 10.9. The van der Waals surface area contributed by atoms with Crippen LogP contribution in [0.2, 0.25) is 5.02 Å². The molecule has 0 N–H and O–H groups in total. The Hall–Kier alpha value is -2.19. The first kappa shape index (κ1) is 12.8. The molecule has 0 spiro atoms. The molecule has 1 heterocycles. The van der Waals surface area contributed by atoms with Crippen molar-refractivity contribution in [1.29, 1.82) is 0 Å². The van der Waals surface area contributed by atoms with Crippen LogP contribution >= 0.6 is 11.6 Å². The lowest BCUT2D eigenvalue weighted by Crippen LogP contribution is -2.01. The smallest absolute Gasteiger partial charge is 0.193 e. The van der Waals surface area contributed by atoms with Crippen molar-refractivity contribution in [2.75, 3.05) is 0 Å². The van der Waals surface area contributed by atoms with E-state index in [1.165, 1.54) is 0 Å². The third kappa shape index (κ3) is 2.30. The summed E-state index contributed by atoms with van der Waals surface area (Å²) in [7, 11) is 0. The zero-order valence-corrected chi connectivity index (χ0v) is 11.7. The fraction of sp³-hybridized carbons (Fsp3) is 0.0588. The summed E-state index contributed by atoms with van der Waals surface area (Å²) in [5, 5.41) is 1.63. The lowest BCUT2D eigenvalue weighted by atomic mass is 10.00. The molecule has 0 saturated carbocycles. The van der Waals surface area contributed by atoms with E-state index in [2.05, 4.69) is 4.98 Å². The van der Waals surface area contributed by atoms with Crippen LogP contribution in [0.3, 0.4) is 0 Å². The molecular weight excluding hydrogens is 270 g/mol. The molecule has 2 aromatic carbocycles. The summed E-state index contributed by atoms with van der Waals surface area (Å²) < 4.78 is 0. The summed E-state index contributed by atoms with van der Waals surface area (Å²) in [5.74, 6) is -0.00757. The van der Waals surface area contributed by atoms with Gasteiger partial charge in [-0.3, -0.25) is 9.78 Å². The molecule has 1 aromatic heterocycles. The number of ketones is 1. The van der Waals surface area contributed by atoms with Gasteiger partial charge < -0.3 is 0 Å². The van der Waals surface area contributed by atoms with Gasteiger partial charge in [0.25, 0.3) is 0 Å². The molecule has 0 aliphatic carbocycles. The molecule has 0 atom stereocenters. The average Bonchev–Trinajstić information content (AvgIpc) is 2.47. The second kappa shape index (κ2) is 5.06. The van der Waals surface area contributed by atoms with Gasteiger partial charge >= 0.3 is 0 Å². The Morgan fingerprint density at radius 2 is 1.70 bits per heavy atom. The molecule has 3 rings (SSSR count). The number of carbonyl (C=O) groups is 1. The van der Waals surface area contributed by atoms with E-state index in [1.54, 1.807) is 30.5 Å². The topological polar surface area (TPSA) is 30.0 Å². The third-order valence-corrected chi connectivity index (χ3v) is 3.58. The van der Waals surface area contributed by atoms with Gasteiger partial charge in [0.05, 0.1) is 5.52 Å². The van der Waals surface area contributed by atoms with E-state index in [-0.39, 0.29) is 5.78 Å². The number of benzene rings is 2. The molecule has 0 saturated heterocycles. The van der Waals surface area contributed by atoms with Crippen molar-refractivity contribution in [2.45, 2.75) is 6.92 Å². The van der Waals surface area contributed by atoms with Gasteiger partial charge in [-0.05, 0) is 61.0 Å². The van der Waals surface area contributed by atoms with Crippen molar-refractivity contribution in [2.24, 2.45) is 0 Å². The first-order chi connectivity index (χ1) is 9.65. The number of halogens is 1. The number of carbonyl (C=O) groups excluding carboxylic acids is 1. The van der Waals surface area contributed by atoms with Gasteiger partial charge in [-0.15, -0.1) is 0 Å². The monoisotopic (exact) mass is 281 g/mol. The first-order valence-corrected chi connectivity index (χ1v) is 6.68. The highest BCUT2D eigenvalue weighted by molar-refractivity contribution is 6.30. The highest BCUT2D eigenvalue weighted by Crippen LogP contribution is 2.20. The lowest BCUT2D eigenvalue weighted by Gasteiger charge is -2.05. The van der Waals surface area contributed by atoms with E-state index in [0.29, 0.717) is 16.1 Å². The minimum Gasteiger partial charge on any atom is -0.289 e. The second-order valence-corrected chi connectivity index (χ2v) is 5.13. The number of fused-ring (bicyclic) bond motifs is 1. The molecule has 0 fully saturated rings. The van der Waals surface area contributed by atoms with E-state index in [4.69, 9.17) is 11.6 Å². The van der Waals surface area contributed by atoms with Crippen LogP contribution < -0.4 is 0 Å². The maximum absolute atomic E-state index is 12.4. The largest absolute Gasteiger partial charge is 0.289 e. The Balaban J connectivity index is 2.08. The van der Waals surface area contributed by atoms with Crippen LogP contribution in [0.15, 0.2) is 54.7 Å². The lowest BCUT2D eigenvalue weighted by molar-refractivity contribution is 0.103. The van der Waals surface area contributed by atoms with Crippen LogP contribution in [0.1, 0.15) is 21.5 Å². The number of aromatic nitrogens is 1. The first-order valence-electron chi connectivity index (χ1n) is 6.31. The molecular formula is C17H12ClNO. The summed E-state index contributed by atoms with van der Waals surface area (Å²) >= 11 is 5.84. The van der Waals surface area contributed by atoms with E-state index >= 15 is 0 Å².